The number of anilines is 1. The van der Waals surface area contributed by atoms with Crippen LogP contribution < -0.4 is 5.32 Å². The molecule has 0 radical (unpaired) electrons. The van der Waals surface area contributed by atoms with Gasteiger partial charge in [0.05, 0.1) is 18.1 Å². The van der Waals surface area contributed by atoms with E-state index in [4.69, 9.17) is 0 Å². The summed E-state index contributed by atoms with van der Waals surface area (Å²) in [7, 11) is 1.79. The summed E-state index contributed by atoms with van der Waals surface area (Å²) in [6.45, 7) is 5.73. The van der Waals surface area contributed by atoms with E-state index in [0.29, 0.717) is 17.2 Å². The number of carbonyl (C=O) groups is 1. The summed E-state index contributed by atoms with van der Waals surface area (Å²) in [4.78, 5) is 20.5. The Morgan fingerprint density at radius 3 is 2.85 bits per heavy atom. The van der Waals surface area contributed by atoms with Crippen LogP contribution in [0.4, 0.5) is 5.82 Å². The summed E-state index contributed by atoms with van der Waals surface area (Å²) < 4.78 is 3.14. The van der Waals surface area contributed by atoms with E-state index in [1.807, 2.05) is 6.92 Å². The Morgan fingerprint density at radius 1 is 1.35 bits per heavy atom. The third-order valence-corrected chi connectivity index (χ3v) is 3.49. The zero-order valence-corrected chi connectivity index (χ0v) is 14.5. The van der Waals surface area contributed by atoms with Gasteiger partial charge in [-0.3, -0.25) is 19.2 Å². The highest BCUT2D eigenvalue weighted by Gasteiger charge is 2.09. The van der Waals surface area contributed by atoms with Gasteiger partial charge in [-0.1, -0.05) is 11.8 Å². The number of pyridine rings is 1. The second-order valence-corrected chi connectivity index (χ2v) is 5.52. The summed E-state index contributed by atoms with van der Waals surface area (Å²) in [5, 5.41) is 14.8. The average Bonchev–Trinajstić information content (AvgIpc) is 3.24. The number of nitrogens with zero attached hydrogens (tertiary/aromatic N) is 7. The van der Waals surface area contributed by atoms with Crippen molar-refractivity contribution in [1.29, 1.82) is 0 Å². The zero-order chi connectivity index (χ0) is 18.5. The monoisotopic (exact) mass is 350 g/mol. The quantitative estimate of drug-likeness (QED) is 0.683. The van der Waals surface area contributed by atoms with Crippen LogP contribution >= 0.6 is 0 Å². The van der Waals surface area contributed by atoms with Crippen molar-refractivity contribution < 1.29 is 4.79 Å². The molecule has 3 heterocycles. The van der Waals surface area contributed by atoms with Crippen molar-refractivity contribution in [1.82, 2.24) is 29.8 Å². The number of hydrogen-bond acceptors (Lipinski definition) is 6. The van der Waals surface area contributed by atoms with Crippen LogP contribution in [0, 0.1) is 0 Å². The molecular formula is C17H18N8O. The Hall–Kier alpha value is -3.62. The van der Waals surface area contributed by atoms with E-state index in [2.05, 4.69) is 37.3 Å². The maximum absolute atomic E-state index is 12.2. The largest absolute Gasteiger partial charge is 0.309 e. The van der Waals surface area contributed by atoms with Crippen molar-refractivity contribution in [2.45, 2.75) is 13.5 Å². The van der Waals surface area contributed by atoms with E-state index in [1.54, 1.807) is 54.9 Å². The van der Waals surface area contributed by atoms with E-state index < -0.39 is 0 Å². The van der Waals surface area contributed by atoms with Gasteiger partial charge in [0.25, 0.3) is 0 Å². The first-order valence-corrected chi connectivity index (χ1v) is 7.88. The first-order chi connectivity index (χ1) is 12.5. The summed E-state index contributed by atoms with van der Waals surface area (Å²) >= 11 is 0. The fourth-order valence-corrected chi connectivity index (χ4v) is 2.26. The molecule has 9 heteroatoms. The van der Waals surface area contributed by atoms with E-state index in [-0.39, 0.29) is 12.5 Å². The Bertz CT molecular complexity index is 951. The summed E-state index contributed by atoms with van der Waals surface area (Å²) in [6.07, 6.45) is 8.45. The van der Waals surface area contributed by atoms with Gasteiger partial charge in [-0.05, 0) is 19.1 Å². The van der Waals surface area contributed by atoms with Crippen molar-refractivity contribution in [3.63, 3.8) is 0 Å². The molecule has 0 saturated carbocycles. The molecule has 3 aromatic heterocycles. The molecule has 0 aliphatic carbocycles. The van der Waals surface area contributed by atoms with Gasteiger partial charge >= 0.3 is 0 Å². The van der Waals surface area contributed by atoms with E-state index in [0.717, 1.165) is 11.1 Å². The SMILES string of the molecule is C=C(N=CC)c1ccc(NC(=O)Cn2cc(-c3cn(C)nn3)cn2)nc1. The molecule has 3 aromatic rings. The predicted molar refractivity (Wildman–Crippen MR) is 98.3 cm³/mol. The number of carbonyl (C=O) groups excluding carboxylic acids is 1. The molecule has 0 aromatic carbocycles. The van der Waals surface area contributed by atoms with Crippen LogP contribution in [0.5, 0.6) is 0 Å². The van der Waals surface area contributed by atoms with Gasteiger partial charge in [0, 0.05) is 36.8 Å². The Morgan fingerprint density at radius 2 is 2.19 bits per heavy atom. The molecule has 0 spiro atoms. The molecule has 0 aliphatic rings. The van der Waals surface area contributed by atoms with Gasteiger partial charge < -0.3 is 5.32 Å². The maximum Gasteiger partial charge on any atom is 0.247 e. The van der Waals surface area contributed by atoms with Crippen LogP contribution in [0.1, 0.15) is 12.5 Å². The lowest BCUT2D eigenvalue weighted by molar-refractivity contribution is -0.116. The Kier molecular flexibility index (Phi) is 4.97. The van der Waals surface area contributed by atoms with E-state index in [9.17, 15) is 4.79 Å². The highest BCUT2D eigenvalue weighted by atomic mass is 16.2. The molecule has 0 atom stereocenters. The molecule has 1 N–H and O–H groups in total. The van der Waals surface area contributed by atoms with Crippen LogP contribution in [-0.4, -0.2) is 41.9 Å². The van der Waals surface area contributed by atoms with Gasteiger partial charge in [0.1, 0.15) is 18.1 Å². The lowest BCUT2D eigenvalue weighted by Crippen LogP contribution is -2.19. The third kappa shape index (κ3) is 4.07. The molecular weight excluding hydrogens is 332 g/mol. The van der Waals surface area contributed by atoms with Crippen molar-refractivity contribution in [3.8, 4) is 11.3 Å². The fraction of sp³-hybridized carbons (Fsp3) is 0.176. The molecule has 0 aliphatic heterocycles. The first-order valence-electron chi connectivity index (χ1n) is 7.88. The standard InChI is InChI=1S/C17H18N8O/c1-4-18-12(2)13-5-6-16(19-7-13)21-17(26)11-25-9-14(8-20-25)15-10-24(3)23-22-15/h4-10H,2,11H2,1,3H3,(H,19,21,26). The third-order valence-electron chi connectivity index (χ3n) is 3.49. The average molecular weight is 350 g/mol. The molecule has 132 valence electrons. The maximum atomic E-state index is 12.2. The summed E-state index contributed by atoms with van der Waals surface area (Å²) in [6, 6.07) is 3.51. The number of rotatable bonds is 6. The number of hydrogen-bond donors (Lipinski definition) is 1. The molecule has 1 amide bonds. The summed E-state index contributed by atoms with van der Waals surface area (Å²) in [5.74, 6) is 0.220. The van der Waals surface area contributed by atoms with Crippen molar-refractivity contribution in [2.24, 2.45) is 12.0 Å². The van der Waals surface area contributed by atoms with Crippen LogP contribution in [0.2, 0.25) is 0 Å². The topological polar surface area (TPSA) is 103 Å². The number of amides is 1. The molecule has 0 fully saturated rings. The van der Waals surface area contributed by atoms with Crippen LogP contribution in [0.3, 0.4) is 0 Å². The van der Waals surface area contributed by atoms with Gasteiger partial charge in [-0.25, -0.2) is 4.98 Å². The smallest absolute Gasteiger partial charge is 0.247 e. The molecule has 0 saturated heterocycles. The minimum atomic E-state index is -0.232. The van der Waals surface area contributed by atoms with Gasteiger partial charge in [0.15, 0.2) is 0 Å². The van der Waals surface area contributed by atoms with Crippen molar-refractivity contribution >= 4 is 23.6 Å². The lowest BCUT2D eigenvalue weighted by Gasteiger charge is -2.06. The Labute approximate surface area is 150 Å². The number of aromatic nitrogens is 6. The minimum absolute atomic E-state index is 0.0660. The molecule has 3 rings (SSSR count). The normalized spacial score (nSPS) is 11.0. The zero-order valence-electron chi connectivity index (χ0n) is 14.5. The molecule has 0 bridgehead atoms. The van der Waals surface area contributed by atoms with Crippen LogP contribution in [0.15, 0.2) is 48.5 Å². The molecule has 0 unspecified atom stereocenters. The van der Waals surface area contributed by atoms with Crippen molar-refractivity contribution in [3.05, 3.63) is 49.1 Å². The Balaban J connectivity index is 1.60. The van der Waals surface area contributed by atoms with Gasteiger partial charge in [-0.2, -0.15) is 5.10 Å². The molecule has 9 nitrogen and oxygen atoms in total. The number of nitrogens with one attached hydrogen (secondary N) is 1. The summed E-state index contributed by atoms with van der Waals surface area (Å²) in [5.41, 5.74) is 2.91. The van der Waals surface area contributed by atoms with Gasteiger partial charge in [-0.15, -0.1) is 5.10 Å². The van der Waals surface area contributed by atoms with Crippen LogP contribution in [0.25, 0.3) is 17.0 Å². The highest BCUT2D eigenvalue weighted by Crippen LogP contribution is 2.15. The van der Waals surface area contributed by atoms with E-state index >= 15 is 0 Å². The second-order valence-electron chi connectivity index (χ2n) is 5.52. The van der Waals surface area contributed by atoms with E-state index in [1.165, 1.54) is 4.68 Å². The van der Waals surface area contributed by atoms with Crippen molar-refractivity contribution in [2.75, 3.05) is 5.32 Å². The highest BCUT2D eigenvalue weighted by molar-refractivity contribution is 5.89. The first kappa shape index (κ1) is 17.2. The predicted octanol–water partition coefficient (Wildman–Crippen LogP) is 1.77. The van der Waals surface area contributed by atoms with Gasteiger partial charge in [0.2, 0.25) is 5.91 Å². The minimum Gasteiger partial charge on any atom is -0.309 e. The van der Waals surface area contributed by atoms with Crippen LogP contribution in [-0.2, 0) is 18.4 Å². The number of aliphatic imine (C=N–C) groups is 1. The lowest BCUT2D eigenvalue weighted by atomic mass is 10.2. The second kappa shape index (κ2) is 7.51. The number of aryl methyl sites for hydroxylation is 1. The molecule has 26 heavy (non-hydrogen) atoms. The fourth-order valence-electron chi connectivity index (χ4n) is 2.26.